The first kappa shape index (κ1) is 19.7. The zero-order valence-electron chi connectivity index (χ0n) is 15.8. The molecule has 0 fully saturated rings. The lowest BCUT2D eigenvalue weighted by atomic mass is 10.0. The van der Waals surface area contributed by atoms with Crippen LogP contribution < -0.4 is 10.4 Å². The lowest BCUT2D eigenvalue weighted by Crippen LogP contribution is -2.08. The third-order valence-electron chi connectivity index (χ3n) is 3.91. The highest BCUT2D eigenvalue weighted by Gasteiger charge is 2.12. The van der Waals surface area contributed by atoms with Gasteiger partial charge in [-0.25, -0.2) is 4.98 Å². The Bertz CT molecular complexity index is 974. The van der Waals surface area contributed by atoms with Crippen LogP contribution in [0.25, 0.3) is 22.5 Å². The SMILES string of the molecule is CONc1cc(-c2cccc(N(C)C)c2)cc(-c2nc(SCC(=O)O)n[nH]2)c1. The summed E-state index contributed by atoms with van der Waals surface area (Å²) in [6.45, 7) is 0. The maximum absolute atomic E-state index is 10.7. The number of hydrogen-bond donors (Lipinski definition) is 3. The predicted octanol–water partition coefficient (Wildman–Crippen LogP) is 3.35. The third-order valence-corrected chi connectivity index (χ3v) is 4.74. The van der Waals surface area contributed by atoms with Crippen molar-refractivity contribution in [2.24, 2.45) is 0 Å². The van der Waals surface area contributed by atoms with Crippen LogP contribution in [0.2, 0.25) is 0 Å². The average molecular weight is 399 g/mol. The first-order chi connectivity index (χ1) is 13.5. The zero-order chi connectivity index (χ0) is 20.1. The molecule has 9 heteroatoms. The number of hydrogen-bond acceptors (Lipinski definition) is 7. The van der Waals surface area contributed by atoms with Crippen LogP contribution in [-0.2, 0) is 9.63 Å². The minimum absolute atomic E-state index is 0.0921. The number of nitrogens with zero attached hydrogens (tertiary/aromatic N) is 3. The molecule has 0 saturated carbocycles. The number of aromatic amines is 1. The molecule has 3 aromatic rings. The van der Waals surface area contributed by atoms with E-state index in [0.717, 1.165) is 39.8 Å². The number of carbonyl (C=O) groups is 1. The predicted molar refractivity (Wildman–Crippen MR) is 111 cm³/mol. The van der Waals surface area contributed by atoms with E-state index in [0.29, 0.717) is 11.0 Å². The molecule has 0 aliphatic carbocycles. The van der Waals surface area contributed by atoms with E-state index in [9.17, 15) is 4.79 Å². The van der Waals surface area contributed by atoms with Crippen LogP contribution in [0.15, 0.2) is 47.6 Å². The Balaban J connectivity index is 1.98. The van der Waals surface area contributed by atoms with Crippen molar-refractivity contribution < 1.29 is 14.7 Å². The van der Waals surface area contributed by atoms with Gasteiger partial charge >= 0.3 is 5.97 Å². The smallest absolute Gasteiger partial charge is 0.313 e. The number of aliphatic carboxylic acids is 1. The van der Waals surface area contributed by atoms with Crippen molar-refractivity contribution >= 4 is 29.1 Å². The van der Waals surface area contributed by atoms with Crippen molar-refractivity contribution in [2.75, 3.05) is 37.3 Å². The summed E-state index contributed by atoms with van der Waals surface area (Å²) >= 11 is 1.07. The summed E-state index contributed by atoms with van der Waals surface area (Å²) in [7, 11) is 5.55. The number of carboxylic acid groups (broad SMARTS) is 1. The molecule has 146 valence electrons. The van der Waals surface area contributed by atoms with E-state index < -0.39 is 5.97 Å². The number of rotatable bonds is 8. The van der Waals surface area contributed by atoms with E-state index in [4.69, 9.17) is 9.94 Å². The number of benzene rings is 2. The Labute approximate surface area is 166 Å². The highest BCUT2D eigenvalue weighted by Crippen LogP contribution is 2.31. The van der Waals surface area contributed by atoms with Crippen LogP contribution >= 0.6 is 11.8 Å². The summed E-state index contributed by atoms with van der Waals surface area (Å²) in [4.78, 5) is 22.2. The van der Waals surface area contributed by atoms with Crippen LogP contribution in [0.3, 0.4) is 0 Å². The summed E-state index contributed by atoms with van der Waals surface area (Å²) in [5.41, 5.74) is 7.55. The van der Waals surface area contributed by atoms with Crippen molar-refractivity contribution in [3.63, 3.8) is 0 Å². The maximum atomic E-state index is 10.7. The molecule has 0 aliphatic heterocycles. The molecule has 3 N–H and O–H groups in total. The molecule has 0 unspecified atom stereocenters. The lowest BCUT2D eigenvalue weighted by molar-refractivity contribution is -0.133. The van der Waals surface area contributed by atoms with Crippen molar-refractivity contribution in [1.29, 1.82) is 0 Å². The molecular weight excluding hydrogens is 378 g/mol. The van der Waals surface area contributed by atoms with Gasteiger partial charge in [0.2, 0.25) is 5.16 Å². The van der Waals surface area contributed by atoms with Crippen molar-refractivity contribution in [1.82, 2.24) is 15.2 Å². The molecule has 8 nitrogen and oxygen atoms in total. The van der Waals surface area contributed by atoms with Crippen LogP contribution in [0.5, 0.6) is 0 Å². The standard InChI is InChI=1S/C19H21N5O3S/c1-24(2)16-6-4-5-12(10-16)13-7-14(9-15(8-13)23-27-3)18-20-19(22-21-18)28-11-17(25)26/h4-10,23H,11H2,1-3H3,(H,25,26)(H,20,21,22). The fraction of sp³-hybridized carbons (Fsp3) is 0.211. The van der Waals surface area contributed by atoms with Gasteiger partial charge in [-0.15, -0.1) is 5.10 Å². The monoisotopic (exact) mass is 399 g/mol. The van der Waals surface area contributed by atoms with Crippen molar-refractivity contribution in [3.05, 3.63) is 42.5 Å². The molecule has 0 atom stereocenters. The average Bonchev–Trinajstić information content (AvgIpc) is 3.16. The molecule has 1 heterocycles. The molecule has 0 amide bonds. The van der Waals surface area contributed by atoms with Gasteiger partial charge in [0.1, 0.15) is 0 Å². The number of anilines is 2. The topological polar surface area (TPSA) is 103 Å². The van der Waals surface area contributed by atoms with E-state index >= 15 is 0 Å². The highest BCUT2D eigenvalue weighted by atomic mass is 32.2. The number of nitrogens with one attached hydrogen (secondary N) is 2. The molecule has 1 aromatic heterocycles. The van der Waals surface area contributed by atoms with Gasteiger partial charge in [0.05, 0.1) is 18.6 Å². The van der Waals surface area contributed by atoms with Gasteiger partial charge in [0, 0.05) is 25.3 Å². The first-order valence-electron chi connectivity index (χ1n) is 8.45. The van der Waals surface area contributed by atoms with Crippen molar-refractivity contribution in [3.8, 4) is 22.5 Å². The van der Waals surface area contributed by atoms with Gasteiger partial charge in [0.15, 0.2) is 5.82 Å². The number of thioether (sulfide) groups is 1. The van der Waals surface area contributed by atoms with Crippen LogP contribution in [0.4, 0.5) is 11.4 Å². The largest absolute Gasteiger partial charge is 0.481 e. The Hall–Kier alpha value is -3.04. The second kappa shape index (κ2) is 8.77. The van der Waals surface area contributed by atoms with Gasteiger partial charge in [-0.2, -0.15) is 0 Å². The minimum Gasteiger partial charge on any atom is -0.481 e. The summed E-state index contributed by atoms with van der Waals surface area (Å²) in [5.74, 6) is -0.450. The molecule has 0 bridgehead atoms. The molecular formula is C19H21N5O3S. The summed E-state index contributed by atoms with van der Waals surface area (Å²) in [6, 6.07) is 14.1. The van der Waals surface area contributed by atoms with E-state index in [1.807, 2.05) is 55.4 Å². The minimum atomic E-state index is -0.911. The van der Waals surface area contributed by atoms with Gasteiger partial charge in [-0.3, -0.25) is 20.2 Å². The Morgan fingerprint density at radius 1 is 1.21 bits per heavy atom. The maximum Gasteiger partial charge on any atom is 0.313 e. The first-order valence-corrected chi connectivity index (χ1v) is 9.44. The van der Waals surface area contributed by atoms with E-state index in [-0.39, 0.29) is 5.75 Å². The van der Waals surface area contributed by atoms with Gasteiger partial charge < -0.3 is 10.0 Å². The van der Waals surface area contributed by atoms with Gasteiger partial charge in [-0.05, 0) is 41.5 Å². The third kappa shape index (κ3) is 4.81. The Morgan fingerprint density at radius 2 is 2.00 bits per heavy atom. The lowest BCUT2D eigenvalue weighted by Gasteiger charge is -2.15. The zero-order valence-corrected chi connectivity index (χ0v) is 16.6. The Kier molecular flexibility index (Phi) is 6.17. The molecule has 3 rings (SSSR count). The van der Waals surface area contributed by atoms with Gasteiger partial charge in [0.25, 0.3) is 0 Å². The summed E-state index contributed by atoms with van der Waals surface area (Å²) in [5, 5.41) is 16.2. The van der Waals surface area contributed by atoms with E-state index in [1.165, 1.54) is 0 Å². The molecule has 0 aliphatic rings. The molecule has 28 heavy (non-hydrogen) atoms. The summed E-state index contributed by atoms with van der Waals surface area (Å²) in [6.07, 6.45) is 0. The fourth-order valence-electron chi connectivity index (χ4n) is 2.64. The molecule has 0 radical (unpaired) electrons. The second-order valence-corrected chi connectivity index (χ2v) is 7.14. The highest BCUT2D eigenvalue weighted by molar-refractivity contribution is 7.99. The number of H-pyrrole nitrogens is 1. The van der Waals surface area contributed by atoms with Crippen LogP contribution in [0, 0.1) is 0 Å². The van der Waals surface area contributed by atoms with E-state index in [1.54, 1.807) is 7.11 Å². The molecule has 0 saturated heterocycles. The van der Waals surface area contributed by atoms with Crippen LogP contribution in [0.1, 0.15) is 0 Å². The normalized spacial score (nSPS) is 10.7. The fourth-order valence-corrected chi connectivity index (χ4v) is 3.16. The second-order valence-electron chi connectivity index (χ2n) is 6.20. The summed E-state index contributed by atoms with van der Waals surface area (Å²) < 4.78 is 0. The quantitative estimate of drug-likeness (QED) is 0.391. The van der Waals surface area contributed by atoms with E-state index in [2.05, 4.69) is 26.7 Å². The van der Waals surface area contributed by atoms with Crippen LogP contribution in [-0.4, -0.2) is 53.2 Å². The Morgan fingerprint density at radius 3 is 2.71 bits per heavy atom. The van der Waals surface area contributed by atoms with Crippen molar-refractivity contribution in [2.45, 2.75) is 5.16 Å². The number of aromatic nitrogens is 3. The van der Waals surface area contributed by atoms with Gasteiger partial charge in [-0.1, -0.05) is 23.9 Å². The number of carboxylic acids is 1. The molecule has 2 aromatic carbocycles. The molecule has 0 spiro atoms.